The Morgan fingerprint density at radius 3 is 2.69 bits per heavy atom. The molecule has 0 bridgehead atoms. The summed E-state index contributed by atoms with van der Waals surface area (Å²) in [5.41, 5.74) is 1.67. The van der Waals surface area contributed by atoms with Crippen molar-refractivity contribution >= 4 is 28.2 Å². The monoisotopic (exact) mass is 378 g/mol. The highest BCUT2D eigenvalue weighted by Crippen LogP contribution is 2.40. The van der Waals surface area contributed by atoms with Crippen LogP contribution in [0.1, 0.15) is 73.2 Å². The van der Waals surface area contributed by atoms with E-state index in [-0.39, 0.29) is 11.9 Å². The van der Waals surface area contributed by atoms with Crippen molar-refractivity contribution in [2.24, 2.45) is 5.92 Å². The van der Waals surface area contributed by atoms with E-state index in [9.17, 15) is 9.59 Å². The second kappa shape index (κ2) is 9.00. The summed E-state index contributed by atoms with van der Waals surface area (Å²) in [7, 11) is 0. The number of fused-ring (bicyclic) bond motifs is 1. The molecule has 2 aliphatic rings. The van der Waals surface area contributed by atoms with Crippen molar-refractivity contribution in [3.8, 4) is 0 Å². The molecule has 1 saturated carbocycles. The predicted octanol–water partition coefficient (Wildman–Crippen LogP) is 3.91. The van der Waals surface area contributed by atoms with Crippen LogP contribution in [0.2, 0.25) is 0 Å². The molecule has 1 amide bonds. The molecular formula is C20H30N2O3S. The molecule has 0 saturated heterocycles. The molecule has 144 valence electrons. The van der Waals surface area contributed by atoms with Crippen LogP contribution in [0.5, 0.6) is 0 Å². The molecule has 0 aromatic carbocycles. The number of hydrogen-bond acceptors (Lipinski definition) is 5. The highest BCUT2D eigenvalue weighted by molar-refractivity contribution is 7.17. The van der Waals surface area contributed by atoms with E-state index in [2.05, 4.69) is 17.6 Å². The van der Waals surface area contributed by atoms with Crippen LogP contribution in [0.15, 0.2) is 0 Å². The standard InChI is InChI=1S/C20H30N2O3S/c1-3-25-20(24)18-15-10-9-13(2)11-16(15)26-19(18)22-17(23)12-21-14-7-5-4-6-8-14/h13-14,21H,3-12H2,1-2H3,(H,22,23). The molecule has 0 spiro atoms. The molecule has 3 rings (SSSR count). The molecule has 2 N–H and O–H groups in total. The van der Waals surface area contributed by atoms with E-state index in [1.54, 1.807) is 11.3 Å². The number of amides is 1. The number of rotatable bonds is 6. The first kappa shape index (κ1) is 19.4. The van der Waals surface area contributed by atoms with Gasteiger partial charge in [0, 0.05) is 10.9 Å². The fourth-order valence-electron chi connectivity index (χ4n) is 3.97. The largest absolute Gasteiger partial charge is 0.462 e. The molecule has 1 atom stereocenters. The van der Waals surface area contributed by atoms with Crippen LogP contribution in [0, 0.1) is 5.92 Å². The van der Waals surface area contributed by atoms with E-state index in [1.807, 2.05) is 6.92 Å². The zero-order valence-electron chi connectivity index (χ0n) is 15.9. The summed E-state index contributed by atoms with van der Waals surface area (Å²) in [5, 5.41) is 7.00. The van der Waals surface area contributed by atoms with E-state index in [0.717, 1.165) is 37.7 Å². The number of carbonyl (C=O) groups excluding carboxylic acids is 2. The Morgan fingerprint density at radius 2 is 1.96 bits per heavy atom. The van der Waals surface area contributed by atoms with Crippen LogP contribution in [-0.2, 0) is 22.4 Å². The van der Waals surface area contributed by atoms with Crippen LogP contribution in [-0.4, -0.2) is 31.1 Å². The maximum absolute atomic E-state index is 12.5. The number of anilines is 1. The van der Waals surface area contributed by atoms with Gasteiger partial charge in [-0.25, -0.2) is 4.79 Å². The van der Waals surface area contributed by atoms with Crippen molar-refractivity contribution in [1.82, 2.24) is 5.32 Å². The Balaban J connectivity index is 1.69. The second-order valence-electron chi connectivity index (χ2n) is 7.54. The van der Waals surface area contributed by atoms with Crippen molar-refractivity contribution in [1.29, 1.82) is 0 Å². The third-order valence-electron chi connectivity index (χ3n) is 5.40. The Kier molecular flexibility index (Phi) is 6.70. The molecule has 1 fully saturated rings. The fourth-order valence-corrected chi connectivity index (χ4v) is 5.39. The van der Waals surface area contributed by atoms with Gasteiger partial charge in [-0.15, -0.1) is 11.3 Å². The normalized spacial score (nSPS) is 20.5. The molecule has 1 aromatic heterocycles. The summed E-state index contributed by atoms with van der Waals surface area (Å²) < 4.78 is 5.26. The highest BCUT2D eigenvalue weighted by Gasteiger charge is 2.29. The Hall–Kier alpha value is -1.40. The molecule has 0 aliphatic heterocycles. The zero-order valence-corrected chi connectivity index (χ0v) is 16.7. The molecule has 2 aliphatic carbocycles. The number of hydrogen-bond donors (Lipinski definition) is 2. The van der Waals surface area contributed by atoms with E-state index in [4.69, 9.17) is 4.74 Å². The van der Waals surface area contributed by atoms with Gasteiger partial charge >= 0.3 is 5.97 Å². The lowest BCUT2D eigenvalue weighted by Gasteiger charge is -2.22. The van der Waals surface area contributed by atoms with E-state index in [0.29, 0.717) is 35.7 Å². The van der Waals surface area contributed by atoms with Crippen LogP contribution in [0.25, 0.3) is 0 Å². The van der Waals surface area contributed by atoms with Gasteiger partial charge in [0.05, 0.1) is 18.7 Å². The highest BCUT2D eigenvalue weighted by atomic mass is 32.1. The third kappa shape index (κ3) is 4.65. The minimum absolute atomic E-state index is 0.0761. The van der Waals surface area contributed by atoms with Crippen molar-refractivity contribution in [2.75, 3.05) is 18.5 Å². The lowest BCUT2D eigenvalue weighted by molar-refractivity contribution is -0.115. The first-order valence-corrected chi connectivity index (χ1v) is 10.7. The average Bonchev–Trinajstić information content (AvgIpc) is 2.98. The maximum atomic E-state index is 12.5. The summed E-state index contributed by atoms with van der Waals surface area (Å²) in [4.78, 5) is 26.2. The number of esters is 1. The van der Waals surface area contributed by atoms with Gasteiger partial charge in [0.25, 0.3) is 0 Å². The lowest BCUT2D eigenvalue weighted by Crippen LogP contribution is -2.37. The Morgan fingerprint density at radius 1 is 1.19 bits per heavy atom. The molecule has 1 unspecified atom stereocenters. The molecular weight excluding hydrogens is 348 g/mol. The summed E-state index contributed by atoms with van der Waals surface area (Å²) >= 11 is 1.55. The van der Waals surface area contributed by atoms with E-state index in [1.165, 1.54) is 24.1 Å². The maximum Gasteiger partial charge on any atom is 0.341 e. The Bertz CT molecular complexity index is 650. The van der Waals surface area contributed by atoms with E-state index >= 15 is 0 Å². The lowest BCUT2D eigenvalue weighted by atomic mass is 9.88. The SMILES string of the molecule is CCOC(=O)c1c(NC(=O)CNC2CCCCC2)sc2c1CCC(C)C2. The minimum atomic E-state index is -0.310. The van der Waals surface area contributed by atoms with Gasteiger partial charge in [-0.3, -0.25) is 4.79 Å². The summed E-state index contributed by atoms with van der Waals surface area (Å²) in [6, 6.07) is 0.441. The molecule has 6 heteroatoms. The minimum Gasteiger partial charge on any atom is -0.462 e. The number of thiophene rings is 1. The second-order valence-corrected chi connectivity index (χ2v) is 8.65. The van der Waals surface area contributed by atoms with Gasteiger partial charge < -0.3 is 15.4 Å². The first-order chi connectivity index (χ1) is 12.6. The molecule has 1 heterocycles. The quantitative estimate of drug-likeness (QED) is 0.737. The number of nitrogens with one attached hydrogen (secondary N) is 2. The van der Waals surface area contributed by atoms with Gasteiger partial charge in [0.1, 0.15) is 5.00 Å². The van der Waals surface area contributed by atoms with Crippen LogP contribution in [0.4, 0.5) is 5.00 Å². The number of ether oxygens (including phenoxy) is 1. The third-order valence-corrected chi connectivity index (χ3v) is 6.57. The van der Waals surface area contributed by atoms with Crippen LogP contribution >= 0.6 is 11.3 Å². The van der Waals surface area contributed by atoms with E-state index < -0.39 is 0 Å². The van der Waals surface area contributed by atoms with Gasteiger partial charge in [0.15, 0.2) is 0 Å². The average molecular weight is 379 g/mol. The molecule has 1 aromatic rings. The fraction of sp³-hybridized carbons (Fsp3) is 0.700. The smallest absolute Gasteiger partial charge is 0.341 e. The van der Waals surface area contributed by atoms with Gasteiger partial charge in [-0.1, -0.05) is 26.2 Å². The first-order valence-electron chi connectivity index (χ1n) is 9.93. The predicted molar refractivity (Wildman–Crippen MR) is 105 cm³/mol. The number of carbonyl (C=O) groups is 2. The molecule has 0 radical (unpaired) electrons. The van der Waals surface area contributed by atoms with Crippen LogP contribution < -0.4 is 10.6 Å². The van der Waals surface area contributed by atoms with Crippen LogP contribution in [0.3, 0.4) is 0 Å². The van der Waals surface area contributed by atoms with Gasteiger partial charge in [0.2, 0.25) is 5.91 Å². The molecule has 26 heavy (non-hydrogen) atoms. The summed E-state index contributed by atoms with van der Waals surface area (Å²) in [6.45, 7) is 4.69. The topological polar surface area (TPSA) is 67.4 Å². The van der Waals surface area contributed by atoms with Crippen molar-refractivity contribution in [3.05, 3.63) is 16.0 Å². The summed E-state index contributed by atoms with van der Waals surface area (Å²) in [5.74, 6) is 0.232. The zero-order chi connectivity index (χ0) is 18.5. The van der Waals surface area contributed by atoms with Crippen molar-refractivity contribution in [2.45, 2.75) is 71.3 Å². The van der Waals surface area contributed by atoms with Gasteiger partial charge in [-0.2, -0.15) is 0 Å². The molecule has 5 nitrogen and oxygen atoms in total. The van der Waals surface area contributed by atoms with Crippen molar-refractivity contribution in [3.63, 3.8) is 0 Å². The van der Waals surface area contributed by atoms with Crippen molar-refractivity contribution < 1.29 is 14.3 Å². The van der Waals surface area contributed by atoms with Gasteiger partial charge in [-0.05, 0) is 50.5 Å². The summed E-state index contributed by atoms with van der Waals surface area (Å²) in [6.07, 6.45) is 9.00. The Labute approximate surface area is 159 Å².